The van der Waals surface area contributed by atoms with Crippen molar-refractivity contribution in [3.63, 3.8) is 0 Å². The second-order valence-electron chi connectivity index (χ2n) is 12.7. The molecule has 0 N–H and O–H groups in total. The van der Waals surface area contributed by atoms with Gasteiger partial charge in [-0.15, -0.1) is 0 Å². The lowest BCUT2D eigenvalue weighted by molar-refractivity contribution is 0.434. The van der Waals surface area contributed by atoms with Crippen LogP contribution in [-0.4, -0.2) is 15.0 Å². The summed E-state index contributed by atoms with van der Waals surface area (Å²) >= 11 is 0. The molecule has 1 aliphatic heterocycles. The highest BCUT2D eigenvalue weighted by atomic mass is 16.5. The van der Waals surface area contributed by atoms with Gasteiger partial charge >= 0.3 is 0 Å². The largest absolute Gasteiger partial charge is 0.457 e. The third-order valence-electron chi connectivity index (χ3n) is 9.72. The van der Waals surface area contributed by atoms with E-state index in [1.54, 1.807) is 12.1 Å². The molecular formula is C47H30N4O. The molecule has 5 heteroatoms. The van der Waals surface area contributed by atoms with Crippen molar-refractivity contribution in [1.82, 2.24) is 15.0 Å². The minimum atomic E-state index is -0.679. The Bertz CT molecular complexity index is 2540. The molecule has 2 heterocycles. The Morgan fingerprint density at radius 3 is 1.44 bits per heavy atom. The first-order valence-corrected chi connectivity index (χ1v) is 17.2. The predicted octanol–water partition coefficient (Wildman–Crippen LogP) is 10.9. The number of rotatable bonds is 6. The standard InChI is InChI=1S/C47H30N4O/c48-31-32-20-22-35(23-21-32)44-49-45(36-26-24-34(25-27-36)33-12-4-1-5-13-33)51-46(50-44)37-28-29-43-41(30-37)47(38-14-6-2-7-15-38,39-16-8-3-9-17-39)40-18-10-11-19-42(40)52-43/h1-30H. The minimum absolute atomic E-state index is 0.522. The Kier molecular flexibility index (Phi) is 7.68. The van der Waals surface area contributed by atoms with Crippen LogP contribution in [0.3, 0.4) is 0 Å². The van der Waals surface area contributed by atoms with Crippen molar-refractivity contribution in [3.05, 3.63) is 210 Å². The van der Waals surface area contributed by atoms with E-state index in [2.05, 4.69) is 109 Å². The highest BCUT2D eigenvalue weighted by molar-refractivity contribution is 5.75. The number of fused-ring (bicyclic) bond motifs is 2. The highest BCUT2D eigenvalue weighted by Gasteiger charge is 2.45. The van der Waals surface area contributed by atoms with Gasteiger partial charge in [0.05, 0.1) is 17.0 Å². The van der Waals surface area contributed by atoms with Gasteiger partial charge in [-0.2, -0.15) is 5.26 Å². The number of nitrogens with zero attached hydrogens (tertiary/aromatic N) is 4. The van der Waals surface area contributed by atoms with E-state index >= 15 is 0 Å². The molecular weight excluding hydrogens is 637 g/mol. The van der Waals surface area contributed by atoms with Crippen molar-refractivity contribution in [3.8, 4) is 62.9 Å². The predicted molar refractivity (Wildman–Crippen MR) is 205 cm³/mol. The average molecular weight is 667 g/mol. The monoisotopic (exact) mass is 666 g/mol. The lowest BCUT2D eigenvalue weighted by Crippen LogP contribution is -2.34. The van der Waals surface area contributed by atoms with E-state index in [1.807, 2.05) is 66.7 Å². The van der Waals surface area contributed by atoms with Crippen molar-refractivity contribution in [2.45, 2.75) is 5.41 Å². The summed E-state index contributed by atoms with van der Waals surface area (Å²) in [6.07, 6.45) is 0. The lowest BCUT2D eigenvalue weighted by Gasteiger charge is -2.41. The lowest BCUT2D eigenvalue weighted by atomic mass is 9.63. The van der Waals surface area contributed by atoms with Crippen molar-refractivity contribution >= 4 is 0 Å². The van der Waals surface area contributed by atoms with Gasteiger partial charge in [-0.25, -0.2) is 15.0 Å². The van der Waals surface area contributed by atoms with Gasteiger partial charge in [0.1, 0.15) is 11.5 Å². The van der Waals surface area contributed by atoms with E-state index in [-0.39, 0.29) is 0 Å². The molecule has 0 atom stereocenters. The fourth-order valence-corrected chi connectivity index (χ4v) is 7.24. The van der Waals surface area contributed by atoms with Gasteiger partial charge in [-0.05, 0) is 70.8 Å². The first-order chi connectivity index (χ1) is 25.7. The van der Waals surface area contributed by atoms with Crippen LogP contribution in [0, 0.1) is 11.3 Å². The topological polar surface area (TPSA) is 71.7 Å². The molecule has 5 nitrogen and oxygen atoms in total. The molecule has 9 rings (SSSR count). The van der Waals surface area contributed by atoms with Gasteiger partial charge in [-0.1, -0.05) is 133 Å². The third kappa shape index (κ3) is 5.31. The molecule has 1 aromatic heterocycles. The van der Waals surface area contributed by atoms with Crippen LogP contribution in [0.2, 0.25) is 0 Å². The first-order valence-electron chi connectivity index (χ1n) is 17.2. The molecule has 0 saturated carbocycles. The summed E-state index contributed by atoms with van der Waals surface area (Å²) < 4.78 is 6.64. The van der Waals surface area contributed by atoms with Crippen molar-refractivity contribution in [2.24, 2.45) is 0 Å². The van der Waals surface area contributed by atoms with Crippen LogP contribution in [0.15, 0.2) is 182 Å². The average Bonchev–Trinajstić information content (AvgIpc) is 3.23. The molecule has 0 spiro atoms. The summed E-state index contributed by atoms with van der Waals surface area (Å²) in [5.41, 5.74) is 8.95. The van der Waals surface area contributed by atoms with Crippen molar-refractivity contribution < 1.29 is 4.74 Å². The normalized spacial score (nSPS) is 12.5. The van der Waals surface area contributed by atoms with Crippen LogP contribution in [0.4, 0.5) is 0 Å². The summed E-state index contributed by atoms with van der Waals surface area (Å²) in [6, 6.07) is 63.9. The molecule has 0 bridgehead atoms. The van der Waals surface area contributed by atoms with Gasteiger partial charge in [0.15, 0.2) is 17.5 Å². The summed E-state index contributed by atoms with van der Waals surface area (Å²) in [6.45, 7) is 0. The maximum absolute atomic E-state index is 9.45. The minimum Gasteiger partial charge on any atom is -0.457 e. The molecule has 0 radical (unpaired) electrons. The van der Waals surface area contributed by atoms with E-state index in [4.69, 9.17) is 19.7 Å². The van der Waals surface area contributed by atoms with E-state index in [0.717, 1.165) is 61.6 Å². The molecule has 0 amide bonds. The smallest absolute Gasteiger partial charge is 0.164 e. The van der Waals surface area contributed by atoms with E-state index in [9.17, 15) is 5.26 Å². The fourth-order valence-electron chi connectivity index (χ4n) is 7.24. The number of hydrogen-bond acceptors (Lipinski definition) is 5. The number of ether oxygens (including phenoxy) is 1. The van der Waals surface area contributed by atoms with Crippen LogP contribution in [0.1, 0.15) is 27.8 Å². The van der Waals surface area contributed by atoms with Crippen LogP contribution in [0.25, 0.3) is 45.3 Å². The zero-order chi connectivity index (χ0) is 34.9. The summed E-state index contributed by atoms with van der Waals surface area (Å²) in [7, 11) is 0. The van der Waals surface area contributed by atoms with Crippen LogP contribution in [-0.2, 0) is 5.41 Å². The molecule has 52 heavy (non-hydrogen) atoms. The molecule has 8 aromatic rings. The van der Waals surface area contributed by atoms with Gasteiger partial charge in [-0.3, -0.25) is 0 Å². The number of nitriles is 1. The summed E-state index contributed by atoms with van der Waals surface area (Å²) in [4.78, 5) is 15.1. The summed E-state index contributed by atoms with van der Waals surface area (Å²) in [5, 5.41) is 9.45. The quantitative estimate of drug-likeness (QED) is 0.177. The van der Waals surface area contributed by atoms with Crippen LogP contribution < -0.4 is 4.74 Å². The Morgan fingerprint density at radius 2 is 0.846 bits per heavy atom. The third-order valence-corrected chi connectivity index (χ3v) is 9.72. The molecule has 0 saturated heterocycles. The fraction of sp³-hybridized carbons (Fsp3) is 0.0213. The Morgan fingerprint density at radius 1 is 0.404 bits per heavy atom. The number of aromatic nitrogens is 3. The molecule has 0 fully saturated rings. The zero-order valence-electron chi connectivity index (χ0n) is 28.0. The van der Waals surface area contributed by atoms with Crippen LogP contribution in [0.5, 0.6) is 11.5 Å². The second-order valence-corrected chi connectivity index (χ2v) is 12.7. The zero-order valence-corrected chi connectivity index (χ0v) is 28.0. The maximum Gasteiger partial charge on any atom is 0.164 e. The van der Waals surface area contributed by atoms with Crippen molar-refractivity contribution in [2.75, 3.05) is 0 Å². The number of para-hydroxylation sites is 1. The van der Waals surface area contributed by atoms with Gasteiger partial charge < -0.3 is 4.74 Å². The van der Waals surface area contributed by atoms with E-state index in [1.165, 1.54) is 0 Å². The molecule has 0 aliphatic carbocycles. The maximum atomic E-state index is 9.45. The Hall–Kier alpha value is -7.16. The number of benzene rings is 7. The van der Waals surface area contributed by atoms with Gasteiger partial charge in [0, 0.05) is 27.8 Å². The van der Waals surface area contributed by atoms with Gasteiger partial charge in [0.25, 0.3) is 0 Å². The Labute approximate surface area is 302 Å². The highest BCUT2D eigenvalue weighted by Crippen LogP contribution is 2.55. The molecule has 0 unspecified atom stereocenters. The second kappa shape index (κ2) is 12.9. The molecule has 244 valence electrons. The Balaban J connectivity index is 1.25. The van der Waals surface area contributed by atoms with Gasteiger partial charge in [0.2, 0.25) is 0 Å². The van der Waals surface area contributed by atoms with Crippen molar-refractivity contribution in [1.29, 1.82) is 5.26 Å². The van der Waals surface area contributed by atoms with Crippen LogP contribution >= 0.6 is 0 Å². The SMILES string of the molecule is N#Cc1ccc(-c2nc(-c3ccc(-c4ccccc4)cc3)nc(-c3ccc4c(c3)C(c3ccccc3)(c3ccccc3)c3ccccc3O4)n2)cc1. The number of hydrogen-bond donors (Lipinski definition) is 0. The molecule has 7 aromatic carbocycles. The van der Waals surface area contributed by atoms with E-state index < -0.39 is 5.41 Å². The van der Waals surface area contributed by atoms with E-state index in [0.29, 0.717) is 23.0 Å². The first kappa shape index (κ1) is 30.9. The summed E-state index contributed by atoms with van der Waals surface area (Å²) in [5.74, 6) is 3.20. The molecule has 1 aliphatic rings.